The predicted octanol–water partition coefficient (Wildman–Crippen LogP) is 4.26. The van der Waals surface area contributed by atoms with Crippen LogP contribution in [-0.2, 0) is 0 Å². The van der Waals surface area contributed by atoms with Crippen molar-refractivity contribution in [2.75, 3.05) is 7.11 Å². The third-order valence-electron chi connectivity index (χ3n) is 4.23. The lowest BCUT2D eigenvalue weighted by atomic mass is 9.97. The fourth-order valence-electron chi connectivity index (χ4n) is 2.82. The second kappa shape index (κ2) is 8.30. The summed E-state index contributed by atoms with van der Waals surface area (Å²) in [7, 11) is 1.54. The van der Waals surface area contributed by atoms with E-state index in [2.05, 4.69) is 5.32 Å². The summed E-state index contributed by atoms with van der Waals surface area (Å²) in [5.41, 5.74) is 1.30. The van der Waals surface area contributed by atoms with E-state index in [1.807, 2.05) is 0 Å². The summed E-state index contributed by atoms with van der Waals surface area (Å²) in [5, 5.41) is 14.0. The Bertz CT molecular complexity index is 1010. The van der Waals surface area contributed by atoms with Crippen LogP contribution in [0.25, 0.3) is 0 Å². The number of carbonyl (C=O) groups is 1. The van der Waals surface area contributed by atoms with Crippen LogP contribution < -0.4 is 10.1 Å². The molecule has 0 saturated carbocycles. The normalized spacial score (nSPS) is 11.5. The van der Waals surface area contributed by atoms with Gasteiger partial charge in [-0.3, -0.25) is 14.9 Å². The fraction of sp³-hybridized carbons (Fsp3) is 0.0952. The molecule has 0 aliphatic rings. The van der Waals surface area contributed by atoms with Crippen LogP contribution >= 0.6 is 0 Å². The monoisotopic (exact) mass is 380 g/mol. The number of benzene rings is 3. The highest BCUT2D eigenvalue weighted by Gasteiger charge is 2.20. The zero-order chi connectivity index (χ0) is 20.1. The average molecular weight is 380 g/mol. The topological polar surface area (TPSA) is 81.5 Å². The molecule has 0 spiro atoms. The van der Waals surface area contributed by atoms with Crippen LogP contribution in [-0.4, -0.2) is 17.9 Å². The number of carbonyl (C=O) groups excluding carboxylic acids is 1. The SMILES string of the molecule is COc1ccc(C(NC(=O)c2cccc(F)c2)c2cccc([N+](=O)[O-])c2)cc1. The van der Waals surface area contributed by atoms with Gasteiger partial charge in [-0.05, 0) is 41.5 Å². The molecule has 7 heteroatoms. The van der Waals surface area contributed by atoms with E-state index >= 15 is 0 Å². The maximum Gasteiger partial charge on any atom is 0.269 e. The Balaban J connectivity index is 1.99. The van der Waals surface area contributed by atoms with E-state index in [9.17, 15) is 19.3 Å². The van der Waals surface area contributed by atoms with Crippen molar-refractivity contribution in [3.05, 3.63) is 105 Å². The molecule has 0 radical (unpaired) electrons. The van der Waals surface area contributed by atoms with Crippen molar-refractivity contribution >= 4 is 11.6 Å². The van der Waals surface area contributed by atoms with Crippen LogP contribution in [0.1, 0.15) is 27.5 Å². The van der Waals surface area contributed by atoms with E-state index in [1.165, 1.54) is 30.3 Å². The third-order valence-corrected chi connectivity index (χ3v) is 4.23. The van der Waals surface area contributed by atoms with Crippen LogP contribution in [0.5, 0.6) is 5.75 Å². The first-order chi connectivity index (χ1) is 13.5. The van der Waals surface area contributed by atoms with Crippen molar-refractivity contribution < 1.29 is 18.8 Å². The van der Waals surface area contributed by atoms with Crippen molar-refractivity contribution in [3.8, 4) is 5.75 Å². The van der Waals surface area contributed by atoms with Gasteiger partial charge in [-0.25, -0.2) is 4.39 Å². The molecule has 3 aromatic rings. The number of nitro benzene ring substituents is 1. The average Bonchev–Trinajstić information content (AvgIpc) is 2.72. The highest BCUT2D eigenvalue weighted by molar-refractivity contribution is 5.94. The summed E-state index contributed by atoms with van der Waals surface area (Å²) in [4.78, 5) is 23.3. The Morgan fingerprint density at radius 3 is 2.39 bits per heavy atom. The number of amides is 1. The molecule has 142 valence electrons. The standard InChI is InChI=1S/C21H17FN2O4/c1-28-19-10-8-14(9-11-19)20(15-4-3-7-18(13-15)24(26)27)23-21(25)16-5-2-6-17(22)12-16/h2-13,20H,1H3,(H,23,25). The van der Waals surface area contributed by atoms with Crippen molar-refractivity contribution in [2.24, 2.45) is 0 Å². The molecule has 0 heterocycles. The van der Waals surface area contributed by atoms with Gasteiger partial charge in [0.15, 0.2) is 0 Å². The van der Waals surface area contributed by atoms with E-state index in [0.29, 0.717) is 16.9 Å². The Morgan fingerprint density at radius 1 is 1.04 bits per heavy atom. The minimum atomic E-state index is -0.665. The Kier molecular flexibility index (Phi) is 5.64. The molecule has 1 N–H and O–H groups in total. The zero-order valence-electron chi connectivity index (χ0n) is 15.0. The van der Waals surface area contributed by atoms with Crippen molar-refractivity contribution in [2.45, 2.75) is 6.04 Å². The van der Waals surface area contributed by atoms with Crippen LogP contribution in [0.15, 0.2) is 72.8 Å². The van der Waals surface area contributed by atoms with Crippen LogP contribution in [0, 0.1) is 15.9 Å². The minimum Gasteiger partial charge on any atom is -0.497 e. The van der Waals surface area contributed by atoms with Gasteiger partial charge in [0.2, 0.25) is 0 Å². The minimum absolute atomic E-state index is 0.0870. The molecule has 0 bridgehead atoms. The largest absolute Gasteiger partial charge is 0.497 e. The third kappa shape index (κ3) is 4.32. The van der Waals surface area contributed by atoms with Gasteiger partial charge < -0.3 is 10.1 Å². The Labute approximate surface area is 160 Å². The molecular weight excluding hydrogens is 363 g/mol. The van der Waals surface area contributed by atoms with E-state index in [1.54, 1.807) is 43.5 Å². The maximum absolute atomic E-state index is 13.5. The highest BCUT2D eigenvalue weighted by atomic mass is 19.1. The maximum atomic E-state index is 13.5. The molecule has 0 aliphatic carbocycles. The molecule has 3 aromatic carbocycles. The summed E-state index contributed by atoms with van der Waals surface area (Å²) in [6, 6.07) is 17.7. The van der Waals surface area contributed by atoms with E-state index in [-0.39, 0.29) is 11.3 Å². The van der Waals surface area contributed by atoms with Crippen LogP contribution in [0.4, 0.5) is 10.1 Å². The van der Waals surface area contributed by atoms with Gasteiger partial charge in [-0.15, -0.1) is 0 Å². The lowest BCUT2D eigenvalue weighted by Gasteiger charge is -2.20. The van der Waals surface area contributed by atoms with Crippen LogP contribution in [0.2, 0.25) is 0 Å². The molecule has 1 unspecified atom stereocenters. The first-order valence-corrected chi connectivity index (χ1v) is 8.42. The summed E-state index contributed by atoms with van der Waals surface area (Å²) in [5.74, 6) is -0.381. The molecular formula is C21H17FN2O4. The Hall–Kier alpha value is -3.74. The van der Waals surface area contributed by atoms with Crippen molar-refractivity contribution in [1.82, 2.24) is 5.32 Å². The number of hydrogen-bond donors (Lipinski definition) is 1. The Morgan fingerprint density at radius 2 is 1.75 bits per heavy atom. The second-order valence-corrected chi connectivity index (χ2v) is 6.04. The number of nitrogens with one attached hydrogen (secondary N) is 1. The number of nitro groups is 1. The quantitative estimate of drug-likeness (QED) is 0.512. The second-order valence-electron chi connectivity index (χ2n) is 6.04. The zero-order valence-corrected chi connectivity index (χ0v) is 15.0. The number of methoxy groups -OCH3 is 1. The number of ether oxygens (including phenoxy) is 1. The number of rotatable bonds is 6. The lowest BCUT2D eigenvalue weighted by molar-refractivity contribution is -0.384. The van der Waals surface area contributed by atoms with Gasteiger partial charge in [0.05, 0.1) is 18.1 Å². The van der Waals surface area contributed by atoms with E-state index in [4.69, 9.17) is 4.74 Å². The van der Waals surface area contributed by atoms with Crippen LogP contribution in [0.3, 0.4) is 0 Å². The van der Waals surface area contributed by atoms with Gasteiger partial charge in [-0.1, -0.05) is 30.3 Å². The number of non-ortho nitro benzene ring substituents is 1. The van der Waals surface area contributed by atoms with E-state index in [0.717, 1.165) is 6.07 Å². The van der Waals surface area contributed by atoms with Gasteiger partial charge in [0.1, 0.15) is 11.6 Å². The van der Waals surface area contributed by atoms with Gasteiger partial charge in [0.25, 0.3) is 11.6 Å². The van der Waals surface area contributed by atoms with Gasteiger partial charge in [-0.2, -0.15) is 0 Å². The smallest absolute Gasteiger partial charge is 0.269 e. The van der Waals surface area contributed by atoms with E-state index < -0.39 is 22.7 Å². The molecule has 28 heavy (non-hydrogen) atoms. The van der Waals surface area contributed by atoms with Crippen molar-refractivity contribution in [1.29, 1.82) is 0 Å². The molecule has 0 aliphatic heterocycles. The predicted molar refractivity (Wildman–Crippen MR) is 102 cm³/mol. The summed E-state index contributed by atoms with van der Waals surface area (Å²) >= 11 is 0. The first kappa shape index (κ1) is 19.0. The van der Waals surface area contributed by atoms with Crippen molar-refractivity contribution in [3.63, 3.8) is 0 Å². The fourth-order valence-corrected chi connectivity index (χ4v) is 2.82. The molecule has 1 amide bonds. The molecule has 3 rings (SSSR count). The molecule has 6 nitrogen and oxygen atoms in total. The lowest BCUT2D eigenvalue weighted by Crippen LogP contribution is -2.29. The summed E-state index contributed by atoms with van der Waals surface area (Å²) in [6.45, 7) is 0. The highest BCUT2D eigenvalue weighted by Crippen LogP contribution is 2.27. The van der Waals surface area contributed by atoms with Gasteiger partial charge >= 0.3 is 0 Å². The number of nitrogens with zero attached hydrogens (tertiary/aromatic N) is 1. The molecule has 0 fully saturated rings. The summed E-state index contributed by atoms with van der Waals surface area (Å²) in [6.07, 6.45) is 0. The van der Waals surface area contributed by atoms with Gasteiger partial charge in [0, 0.05) is 17.7 Å². The number of halogens is 1. The summed E-state index contributed by atoms with van der Waals surface area (Å²) < 4.78 is 18.6. The molecule has 1 atom stereocenters. The number of hydrogen-bond acceptors (Lipinski definition) is 4. The molecule has 0 aromatic heterocycles. The molecule has 0 saturated heterocycles. The first-order valence-electron chi connectivity index (χ1n) is 8.42.